The number of benzene rings is 3. The van der Waals surface area contributed by atoms with Gasteiger partial charge in [0.1, 0.15) is 12.3 Å². The van der Waals surface area contributed by atoms with E-state index < -0.39 is 10.0 Å². The lowest BCUT2D eigenvalue weighted by Crippen LogP contribution is -2.42. The summed E-state index contributed by atoms with van der Waals surface area (Å²) >= 11 is 0. The smallest absolute Gasteiger partial charge is 0.264 e. The molecular formula is C27H32N2O4S. The summed E-state index contributed by atoms with van der Waals surface area (Å²) in [7, 11) is -2.33. The second kappa shape index (κ2) is 10.7. The minimum Gasteiger partial charge on any atom is -0.496 e. The predicted octanol–water partition coefficient (Wildman–Crippen LogP) is 5.08. The first-order chi connectivity index (χ1) is 16.2. The van der Waals surface area contributed by atoms with Crippen LogP contribution in [0.5, 0.6) is 5.75 Å². The fourth-order valence-electron chi connectivity index (χ4n) is 3.93. The summed E-state index contributed by atoms with van der Waals surface area (Å²) in [5.41, 5.74) is 4.17. The average Bonchev–Trinajstić information content (AvgIpc) is 2.83. The fraction of sp³-hybridized carbons (Fsp3) is 0.296. The summed E-state index contributed by atoms with van der Waals surface area (Å²) in [6.45, 7) is 7.39. The summed E-state index contributed by atoms with van der Waals surface area (Å²) in [4.78, 5) is 13.4. The Morgan fingerprint density at radius 2 is 1.68 bits per heavy atom. The Bertz CT molecular complexity index is 1260. The molecule has 0 aliphatic carbocycles. The molecule has 0 saturated heterocycles. The highest BCUT2D eigenvalue weighted by Crippen LogP contribution is 2.29. The van der Waals surface area contributed by atoms with Crippen LogP contribution >= 0.6 is 0 Å². The Balaban J connectivity index is 1.94. The molecule has 0 spiro atoms. The molecule has 0 aliphatic rings. The monoisotopic (exact) mass is 480 g/mol. The zero-order chi connectivity index (χ0) is 24.9. The summed E-state index contributed by atoms with van der Waals surface area (Å²) in [5, 5.41) is 3.02. The van der Waals surface area contributed by atoms with Crippen LogP contribution in [0.15, 0.2) is 71.6 Å². The van der Waals surface area contributed by atoms with Gasteiger partial charge in [-0.25, -0.2) is 8.42 Å². The van der Waals surface area contributed by atoms with Crippen molar-refractivity contribution in [2.45, 2.75) is 45.1 Å². The van der Waals surface area contributed by atoms with Crippen molar-refractivity contribution >= 4 is 21.6 Å². The number of nitrogens with one attached hydrogen (secondary N) is 1. The fourth-order valence-corrected chi connectivity index (χ4v) is 5.43. The first-order valence-electron chi connectivity index (χ1n) is 11.3. The molecule has 1 N–H and O–H groups in total. The Labute approximate surface area is 202 Å². The maximum atomic E-state index is 13.6. The van der Waals surface area contributed by atoms with Gasteiger partial charge in [0.05, 0.1) is 23.7 Å². The van der Waals surface area contributed by atoms with Gasteiger partial charge in [-0.15, -0.1) is 0 Å². The van der Waals surface area contributed by atoms with Crippen LogP contribution in [0, 0.1) is 20.8 Å². The van der Waals surface area contributed by atoms with Crippen molar-refractivity contribution in [3.8, 4) is 5.75 Å². The highest BCUT2D eigenvalue weighted by atomic mass is 32.2. The third-order valence-electron chi connectivity index (χ3n) is 6.03. The number of anilines is 1. The van der Waals surface area contributed by atoms with Crippen molar-refractivity contribution < 1.29 is 17.9 Å². The van der Waals surface area contributed by atoms with Crippen LogP contribution in [0.25, 0.3) is 0 Å². The van der Waals surface area contributed by atoms with E-state index in [0.29, 0.717) is 12.1 Å². The van der Waals surface area contributed by atoms with E-state index in [1.165, 1.54) is 4.31 Å². The lowest BCUT2D eigenvalue weighted by molar-refractivity contribution is -0.120. The van der Waals surface area contributed by atoms with Crippen molar-refractivity contribution in [1.82, 2.24) is 5.32 Å². The zero-order valence-corrected chi connectivity index (χ0v) is 21.1. The number of aryl methyl sites for hydroxylation is 2. The molecule has 0 aromatic heterocycles. The van der Waals surface area contributed by atoms with Crippen LogP contribution < -0.4 is 14.4 Å². The minimum absolute atomic E-state index is 0.140. The normalized spacial score (nSPS) is 12.1. The molecule has 6 nitrogen and oxygen atoms in total. The molecule has 1 unspecified atom stereocenters. The average molecular weight is 481 g/mol. The van der Waals surface area contributed by atoms with Crippen molar-refractivity contribution in [3.05, 3.63) is 89.0 Å². The number of nitrogens with zero attached hydrogens (tertiary/aromatic N) is 1. The molecule has 3 rings (SSSR count). The SMILES string of the molecule is CCC(NC(=O)CN(c1cccc(C)c1C)S(=O)(=O)c1ccccc1)c1ccc(OC)c(C)c1. The number of hydrogen-bond donors (Lipinski definition) is 1. The molecule has 180 valence electrons. The van der Waals surface area contributed by atoms with Crippen molar-refractivity contribution in [2.24, 2.45) is 0 Å². The van der Waals surface area contributed by atoms with Crippen LogP contribution in [0.2, 0.25) is 0 Å². The van der Waals surface area contributed by atoms with E-state index in [9.17, 15) is 13.2 Å². The molecule has 1 amide bonds. The Morgan fingerprint density at radius 3 is 2.29 bits per heavy atom. The van der Waals surface area contributed by atoms with Crippen molar-refractivity contribution in [3.63, 3.8) is 0 Å². The minimum atomic E-state index is -3.96. The van der Waals surface area contributed by atoms with E-state index in [-0.39, 0.29) is 23.4 Å². The van der Waals surface area contributed by atoms with Gasteiger partial charge in [-0.1, -0.05) is 49.4 Å². The Morgan fingerprint density at radius 1 is 0.971 bits per heavy atom. The second-order valence-corrected chi connectivity index (χ2v) is 10.2. The highest BCUT2D eigenvalue weighted by Gasteiger charge is 2.29. The van der Waals surface area contributed by atoms with Gasteiger partial charge in [0.25, 0.3) is 10.0 Å². The van der Waals surface area contributed by atoms with Gasteiger partial charge in [-0.05, 0) is 73.7 Å². The Kier molecular flexibility index (Phi) is 7.99. The standard InChI is InChI=1S/C27H32N2O4S/c1-6-24(22-15-16-26(33-5)20(3)17-22)28-27(30)18-29(25-14-10-11-19(2)21(25)4)34(31,32)23-12-8-7-9-13-23/h7-17,24H,6,18H2,1-5H3,(H,28,30). The summed E-state index contributed by atoms with van der Waals surface area (Å²) in [6, 6.07) is 19.2. The number of carbonyl (C=O) groups excluding carboxylic acids is 1. The van der Waals surface area contributed by atoms with Gasteiger partial charge in [-0.3, -0.25) is 9.10 Å². The van der Waals surface area contributed by atoms with E-state index in [2.05, 4.69) is 5.32 Å². The second-order valence-electron chi connectivity index (χ2n) is 8.30. The van der Waals surface area contributed by atoms with Crippen molar-refractivity contribution in [2.75, 3.05) is 18.0 Å². The molecule has 0 radical (unpaired) electrons. The summed E-state index contributed by atoms with van der Waals surface area (Å²) in [6.07, 6.45) is 0.659. The van der Waals surface area contributed by atoms with E-state index in [1.54, 1.807) is 49.6 Å². The van der Waals surface area contributed by atoms with Crippen LogP contribution in [0.3, 0.4) is 0 Å². The van der Waals surface area contributed by atoms with E-state index >= 15 is 0 Å². The number of carbonyl (C=O) groups is 1. The first kappa shape index (κ1) is 25.3. The molecule has 0 fully saturated rings. The van der Waals surface area contributed by atoms with E-state index in [0.717, 1.165) is 28.0 Å². The predicted molar refractivity (Wildman–Crippen MR) is 136 cm³/mol. The number of amides is 1. The van der Waals surface area contributed by atoms with E-state index in [4.69, 9.17) is 4.74 Å². The van der Waals surface area contributed by atoms with Gasteiger partial charge < -0.3 is 10.1 Å². The zero-order valence-electron chi connectivity index (χ0n) is 20.3. The lowest BCUT2D eigenvalue weighted by atomic mass is 10.0. The molecule has 0 aliphatic heterocycles. The summed E-state index contributed by atoms with van der Waals surface area (Å²) < 4.78 is 33.7. The van der Waals surface area contributed by atoms with Crippen LogP contribution in [-0.2, 0) is 14.8 Å². The molecule has 7 heteroatoms. The van der Waals surface area contributed by atoms with Gasteiger partial charge in [0, 0.05) is 0 Å². The molecule has 34 heavy (non-hydrogen) atoms. The third kappa shape index (κ3) is 5.42. The summed E-state index contributed by atoms with van der Waals surface area (Å²) in [5.74, 6) is 0.403. The number of ether oxygens (including phenoxy) is 1. The van der Waals surface area contributed by atoms with Gasteiger partial charge in [0.2, 0.25) is 5.91 Å². The largest absolute Gasteiger partial charge is 0.496 e. The van der Waals surface area contributed by atoms with Crippen molar-refractivity contribution in [1.29, 1.82) is 0 Å². The quantitative estimate of drug-likeness (QED) is 0.463. The van der Waals surface area contributed by atoms with Gasteiger partial charge in [-0.2, -0.15) is 0 Å². The topological polar surface area (TPSA) is 75.7 Å². The van der Waals surface area contributed by atoms with Crippen LogP contribution in [-0.4, -0.2) is 28.0 Å². The van der Waals surface area contributed by atoms with Gasteiger partial charge >= 0.3 is 0 Å². The number of hydrogen-bond acceptors (Lipinski definition) is 4. The number of rotatable bonds is 9. The number of methoxy groups -OCH3 is 1. The lowest BCUT2D eigenvalue weighted by Gasteiger charge is -2.27. The Hall–Kier alpha value is -3.32. The van der Waals surface area contributed by atoms with Crippen LogP contribution in [0.1, 0.15) is 41.6 Å². The molecule has 0 heterocycles. The maximum Gasteiger partial charge on any atom is 0.264 e. The van der Waals surface area contributed by atoms with Crippen LogP contribution in [0.4, 0.5) is 5.69 Å². The first-order valence-corrected chi connectivity index (χ1v) is 12.7. The molecule has 3 aromatic rings. The molecule has 1 atom stereocenters. The third-order valence-corrected chi connectivity index (χ3v) is 7.80. The molecule has 0 bridgehead atoms. The molecular weight excluding hydrogens is 448 g/mol. The van der Waals surface area contributed by atoms with Gasteiger partial charge in [0.15, 0.2) is 0 Å². The number of sulfonamides is 1. The maximum absolute atomic E-state index is 13.6. The van der Waals surface area contributed by atoms with E-state index in [1.807, 2.05) is 52.0 Å². The highest BCUT2D eigenvalue weighted by molar-refractivity contribution is 7.92. The molecule has 3 aromatic carbocycles. The molecule has 0 saturated carbocycles.